The Labute approximate surface area is 87.4 Å². The van der Waals surface area contributed by atoms with Crippen molar-refractivity contribution in [3.63, 3.8) is 0 Å². The van der Waals surface area contributed by atoms with Crippen LogP contribution in [-0.2, 0) is 4.79 Å². The molecule has 0 N–H and O–H groups in total. The van der Waals surface area contributed by atoms with E-state index in [1.807, 2.05) is 0 Å². The molecule has 0 amide bonds. The van der Waals surface area contributed by atoms with E-state index in [1.54, 1.807) is 0 Å². The Kier molecular flexibility index (Phi) is 555. The van der Waals surface area contributed by atoms with Crippen LogP contribution in [0.5, 0.6) is 0 Å². The number of rotatable bonds is 0. The van der Waals surface area contributed by atoms with Gasteiger partial charge in [0.1, 0.15) is 0 Å². The summed E-state index contributed by atoms with van der Waals surface area (Å²) in [4.78, 5) is 7.75. The molecule has 0 aromatic heterocycles. The molecule has 6 heavy (non-hydrogen) atoms. The third-order valence-electron chi connectivity index (χ3n) is 0. The fraction of sp³-hybridized carbons (Fsp3) is 0. The van der Waals surface area contributed by atoms with Crippen LogP contribution < -0.4 is 0 Å². The van der Waals surface area contributed by atoms with E-state index in [1.165, 1.54) is 0 Å². The molecule has 0 aliphatic rings. The molecule has 0 aliphatic heterocycles. The van der Waals surface area contributed by atoms with Crippen LogP contribution >= 0.6 is 0 Å². The molecule has 0 atom stereocenters. The van der Waals surface area contributed by atoms with Crippen molar-refractivity contribution in [2.45, 2.75) is 0 Å². The monoisotopic (exact) mass is 535 g/mol. The van der Waals surface area contributed by atoms with E-state index in [-0.39, 0.29) is 77.1 Å². The molecule has 0 unspecified atom stereocenters. The van der Waals surface area contributed by atoms with Crippen LogP contribution in [0.2, 0.25) is 0 Å². The van der Waals surface area contributed by atoms with Crippen LogP contribution in [0.3, 0.4) is 0 Å². The molecular formula is C3H7OU2-. The van der Waals surface area contributed by atoms with Crippen molar-refractivity contribution in [1.29, 1.82) is 0 Å². The van der Waals surface area contributed by atoms with Gasteiger partial charge in [-0.25, -0.2) is 0 Å². The molecule has 0 rings (SSSR count). The van der Waals surface area contributed by atoms with Crippen molar-refractivity contribution in [2.24, 2.45) is 0 Å². The number of hydrogen-bond donors (Lipinski definition) is 0. The summed E-state index contributed by atoms with van der Waals surface area (Å²) in [5.41, 5.74) is 0. The molecule has 0 spiro atoms. The Hall–Kier alpha value is 1.77. The van der Waals surface area contributed by atoms with Gasteiger partial charge in [-0.1, -0.05) is 0 Å². The van der Waals surface area contributed by atoms with Gasteiger partial charge in [-0.15, -0.1) is 0 Å². The molecule has 0 heterocycles. The maximum absolute atomic E-state index is 7.75. The first kappa shape index (κ1) is 46.4. The normalized spacial score (nSPS) is 0.667. The van der Waals surface area contributed by atoms with Crippen LogP contribution in [-0.4, -0.2) is 6.79 Å². The SMILES string of the molecule is [CH-]=O.[CH3-].[CH3-].[U+2].[U]. The van der Waals surface area contributed by atoms with Crippen molar-refractivity contribution in [1.82, 2.24) is 0 Å². The Morgan fingerprint density at radius 2 is 1.00 bits per heavy atom. The van der Waals surface area contributed by atoms with Gasteiger partial charge in [-0.2, -0.15) is 0 Å². The summed E-state index contributed by atoms with van der Waals surface area (Å²) in [7, 11) is 0. The standard InChI is InChI=1S/CHO.2CH3.2U/c1-2;;;;/h1H;2*1H3;;/q3*-1;;+2. The third-order valence-corrected chi connectivity index (χ3v) is 0. The van der Waals surface area contributed by atoms with Crippen molar-refractivity contribution in [3.8, 4) is 0 Å². The van der Waals surface area contributed by atoms with Gasteiger partial charge >= 0.3 is 31.1 Å². The summed E-state index contributed by atoms with van der Waals surface area (Å²) in [6.07, 6.45) is 0. The second-order valence-electron chi connectivity index (χ2n) is 0. The zero-order chi connectivity index (χ0) is 2.00. The van der Waals surface area contributed by atoms with Crippen LogP contribution in [0.15, 0.2) is 0 Å². The summed E-state index contributed by atoms with van der Waals surface area (Å²) < 4.78 is 0. The molecule has 0 aromatic rings. The first-order chi connectivity index (χ1) is 1.00. The predicted molar refractivity (Wildman–Crippen MR) is 19.6 cm³/mol. The van der Waals surface area contributed by atoms with E-state index in [2.05, 4.69) is 6.79 Å². The largest absolute Gasteiger partial charge is 2.00 e. The fourth-order valence-electron chi connectivity index (χ4n) is 0. The molecule has 0 saturated heterocycles. The minimum Gasteiger partial charge on any atom is -0.545 e. The molecule has 34 valence electrons. The summed E-state index contributed by atoms with van der Waals surface area (Å²) in [6, 6.07) is 0. The van der Waals surface area contributed by atoms with E-state index in [0.29, 0.717) is 0 Å². The van der Waals surface area contributed by atoms with Crippen LogP contribution in [0.4, 0.5) is 0 Å². The van der Waals surface area contributed by atoms with Crippen LogP contribution in [0.1, 0.15) is 0 Å². The van der Waals surface area contributed by atoms with E-state index in [0.717, 1.165) is 0 Å². The van der Waals surface area contributed by atoms with Crippen molar-refractivity contribution in [2.75, 3.05) is 0 Å². The molecule has 0 aromatic carbocycles. The third kappa shape index (κ3) is 41.8. The first-order valence-electron chi connectivity index (χ1n) is 0.236. The zero-order valence-electron chi connectivity index (χ0n) is 3.99. The maximum Gasteiger partial charge on any atom is 2.00 e. The Morgan fingerprint density at radius 1 is 1.00 bits per heavy atom. The molecule has 0 radical (unpaired) electrons. The molecule has 1 nitrogen and oxygen atoms in total. The average Bonchev–Trinajstić information content (AvgIpc) is 1.00. The molecule has 0 fully saturated rings. The zero-order valence-corrected chi connectivity index (χ0v) is 12.3. The van der Waals surface area contributed by atoms with Gasteiger partial charge in [0, 0.05) is 31.1 Å². The summed E-state index contributed by atoms with van der Waals surface area (Å²) in [5.74, 6) is 0. The van der Waals surface area contributed by atoms with Gasteiger partial charge in [0.2, 0.25) is 0 Å². The van der Waals surface area contributed by atoms with Gasteiger partial charge in [0.05, 0.1) is 0 Å². The molecule has 3 heteroatoms. The minimum atomic E-state index is 0. The summed E-state index contributed by atoms with van der Waals surface area (Å²) in [5, 5.41) is 0. The van der Waals surface area contributed by atoms with E-state index in [9.17, 15) is 0 Å². The molecular weight excluding hydrogens is 528 g/mol. The van der Waals surface area contributed by atoms with Crippen LogP contribution in [0.25, 0.3) is 0 Å². The minimum absolute atomic E-state index is 0. The second kappa shape index (κ2) is 71.8. The summed E-state index contributed by atoms with van der Waals surface area (Å²) >= 11 is 0. The fourth-order valence-corrected chi connectivity index (χ4v) is 0. The quantitative estimate of drug-likeness (QED) is 0.329. The van der Waals surface area contributed by atoms with Crippen molar-refractivity contribution < 1.29 is 67.0 Å². The van der Waals surface area contributed by atoms with Gasteiger partial charge < -0.3 is 19.6 Å². The summed E-state index contributed by atoms with van der Waals surface area (Å²) in [6.45, 7) is 3.25. The average molecular weight is 535 g/mol. The Bertz CT molecular complexity index is 8.75. The Morgan fingerprint density at radius 3 is 1.00 bits per heavy atom. The maximum atomic E-state index is 7.75. The van der Waals surface area contributed by atoms with E-state index < -0.39 is 0 Å². The number of carbonyl (C=O) groups excluding carboxylic acids is 1. The van der Waals surface area contributed by atoms with Crippen LogP contribution in [0, 0.1) is 77.1 Å². The smallest absolute Gasteiger partial charge is 0.545 e. The van der Waals surface area contributed by atoms with Gasteiger partial charge in [-0.05, 0) is 0 Å². The second-order valence-corrected chi connectivity index (χ2v) is 0. The van der Waals surface area contributed by atoms with Gasteiger partial charge in [0.25, 0.3) is 0 Å². The first-order valence-corrected chi connectivity index (χ1v) is 0.236. The van der Waals surface area contributed by atoms with E-state index >= 15 is 0 Å². The Balaban J connectivity index is -0.000000000833. The van der Waals surface area contributed by atoms with Crippen molar-refractivity contribution >= 4 is 6.79 Å². The predicted octanol–water partition coefficient (Wildman–Crippen LogP) is 0.626. The molecule has 0 bridgehead atoms. The van der Waals surface area contributed by atoms with Crippen molar-refractivity contribution in [3.05, 3.63) is 14.9 Å². The van der Waals surface area contributed by atoms with Gasteiger partial charge in [0.15, 0.2) is 0 Å². The number of hydrogen-bond acceptors (Lipinski definition) is 1. The van der Waals surface area contributed by atoms with Gasteiger partial charge in [-0.3, -0.25) is 6.79 Å². The molecule has 0 saturated carbocycles. The molecule has 0 aliphatic carbocycles. The van der Waals surface area contributed by atoms with E-state index in [4.69, 9.17) is 4.79 Å². The topological polar surface area (TPSA) is 17.1 Å².